The highest BCUT2D eigenvalue weighted by atomic mass is 19.1. The van der Waals surface area contributed by atoms with Crippen molar-refractivity contribution in [2.45, 2.75) is 19.3 Å². The fraction of sp³-hybridized carbons (Fsp3) is 0.500. The maximum atomic E-state index is 13.7. The first-order valence-corrected chi connectivity index (χ1v) is 4.80. The van der Waals surface area contributed by atoms with E-state index in [1.807, 2.05) is 0 Å². The SMILES string of the molecule is COC(=O)c1ncnc(CC2CC2)c1F. The predicted molar refractivity (Wildman–Crippen MR) is 49.8 cm³/mol. The Morgan fingerprint density at radius 1 is 1.60 bits per heavy atom. The second kappa shape index (κ2) is 3.92. The summed E-state index contributed by atoms with van der Waals surface area (Å²) in [6.45, 7) is 0. The summed E-state index contributed by atoms with van der Waals surface area (Å²) in [7, 11) is 1.20. The Labute approximate surface area is 86.5 Å². The highest BCUT2D eigenvalue weighted by Crippen LogP contribution is 2.32. The Bertz CT molecular complexity index is 391. The van der Waals surface area contributed by atoms with Gasteiger partial charge in [0, 0.05) is 0 Å². The van der Waals surface area contributed by atoms with Crippen molar-refractivity contribution in [1.29, 1.82) is 0 Å². The lowest BCUT2D eigenvalue weighted by Gasteiger charge is -2.03. The van der Waals surface area contributed by atoms with Crippen LogP contribution in [0.3, 0.4) is 0 Å². The molecule has 0 amide bonds. The standard InChI is InChI=1S/C10H11FN2O2/c1-15-10(14)9-8(11)7(12-5-13-9)4-6-2-3-6/h5-6H,2-4H2,1H3. The molecule has 1 saturated carbocycles. The van der Waals surface area contributed by atoms with Crippen molar-refractivity contribution < 1.29 is 13.9 Å². The topological polar surface area (TPSA) is 52.1 Å². The second-order valence-electron chi connectivity index (χ2n) is 3.62. The molecule has 1 aromatic heterocycles. The van der Waals surface area contributed by atoms with Crippen molar-refractivity contribution in [2.75, 3.05) is 7.11 Å². The van der Waals surface area contributed by atoms with Crippen molar-refractivity contribution in [3.8, 4) is 0 Å². The minimum atomic E-state index is -0.757. The van der Waals surface area contributed by atoms with E-state index >= 15 is 0 Å². The number of hydrogen-bond donors (Lipinski definition) is 0. The number of esters is 1. The van der Waals surface area contributed by atoms with Gasteiger partial charge in [0.1, 0.15) is 6.33 Å². The summed E-state index contributed by atoms with van der Waals surface area (Å²) < 4.78 is 18.1. The minimum Gasteiger partial charge on any atom is -0.464 e. The van der Waals surface area contributed by atoms with Gasteiger partial charge in [-0.15, -0.1) is 0 Å². The van der Waals surface area contributed by atoms with Crippen LogP contribution in [0.1, 0.15) is 29.0 Å². The maximum Gasteiger partial charge on any atom is 0.359 e. The van der Waals surface area contributed by atoms with E-state index in [9.17, 15) is 9.18 Å². The van der Waals surface area contributed by atoms with Crippen LogP contribution >= 0.6 is 0 Å². The number of aromatic nitrogens is 2. The molecule has 2 rings (SSSR count). The molecule has 1 aliphatic carbocycles. The van der Waals surface area contributed by atoms with E-state index in [0.717, 1.165) is 12.8 Å². The molecule has 5 heteroatoms. The maximum absolute atomic E-state index is 13.7. The van der Waals surface area contributed by atoms with E-state index in [0.29, 0.717) is 18.0 Å². The zero-order valence-corrected chi connectivity index (χ0v) is 8.36. The molecule has 1 aromatic rings. The third-order valence-electron chi connectivity index (χ3n) is 2.42. The first kappa shape index (κ1) is 10.0. The van der Waals surface area contributed by atoms with Gasteiger partial charge >= 0.3 is 5.97 Å². The number of hydrogen-bond acceptors (Lipinski definition) is 4. The average Bonchev–Trinajstić information content (AvgIpc) is 3.04. The Morgan fingerprint density at radius 3 is 2.93 bits per heavy atom. The van der Waals surface area contributed by atoms with Gasteiger partial charge in [-0.3, -0.25) is 0 Å². The van der Waals surface area contributed by atoms with E-state index in [1.165, 1.54) is 13.4 Å². The Hall–Kier alpha value is -1.52. The van der Waals surface area contributed by atoms with Crippen LogP contribution in [0, 0.1) is 11.7 Å². The van der Waals surface area contributed by atoms with Gasteiger partial charge in [-0.25, -0.2) is 19.2 Å². The molecular weight excluding hydrogens is 199 g/mol. The van der Waals surface area contributed by atoms with Gasteiger partial charge in [0.05, 0.1) is 12.8 Å². The molecule has 0 aliphatic heterocycles. The molecule has 0 bridgehead atoms. The predicted octanol–water partition coefficient (Wildman–Crippen LogP) is 1.35. The molecule has 0 atom stereocenters. The highest BCUT2D eigenvalue weighted by molar-refractivity contribution is 5.87. The molecule has 0 unspecified atom stereocenters. The lowest BCUT2D eigenvalue weighted by atomic mass is 10.2. The third kappa shape index (κ3) is 2.11. The number of methoxy groups -OCH3 is 1. The summed E-state index contributed by atoms with van der Waals surface area (Å²) in [4.78, 5) is 18.6. The van der Waals surface area contributed by atoms with E-state index in [2.05, 4.69) is 14.7 Å². The van der Waals surface area contributed by atoms with E-state index in [4.69, 9.17) is 0 Å². The van der Waals surface area contributed by atoms with Crippen molar-refractivity contribution in [3.05, 3.63) is 23.5 Å². The first-order chi connectivity index (χ1) is 7.22. The molecule has 1 fully saturated rings. The molecule has 80 valence electrons. The first-order valence-electron chi connectivity index (χ1n) is 4.80. The summed E-state index contributed by atoms with van der Waals surface area (Å²) in [6, 6.07) is 0. The van der Waals surface area contributed by atoms with Gasteiger partial charge in [-0.05, 0) is 25.2 Å². The van der Waals surface area contributed by atoms with Gasteiger partial charge in [0.2, 0.25) is 0 Å². The van der Waals surface area contributed by atoms with Crippen LogP contribution in [0.25, 0.3) is 0 Å². The summed E-state index contributed by atoms with van der Waals surface area (Å²) >= 11 is 0. The van der Waals surface area contributed by atoms with Crippen molar-refractivity contribution in [1.82, 2.24) is 9.97 Å². The number of halogens is 1. The minimum absolute atomic E-state index is 0.275. The van der Waals surface area contributed by atoms with Crippen molar-refractivity contribution in [3.63, 3.8) is 0 Å². The lowest BCUT2D eigenvalue weighted by Crippen LogP contribution is -2.11. The number of rotatable bonds is 3. The van der Waals surface area contributed by atoms with Crippen LogP contribution in [-0.2, 0) is 11.2 Å². The third-order valence-corrected chi connectivity index (χ3v) is 2.42. The fourth-order valence-electron chi connectivity index (χ4n) is 1.38. The largest absolute Gasteiger partial charge is 0.464 e. The van der Waals surface area contributed by atoms with Crippen LogP contribution in [0.2, 0.25) is 0 Å². The van der Waals surface area contributed by atoms with Crippen molar-refractivity contribution >= 4 is 5.97 Å². The van der Waals surface area contributed by atoms with Gasteiger partial charge in [-0.1, -0.05) is 0 Å². The Kier molecular flexibility index (Phi) is 2.62. The molecule has 4 nitrogen and oxygen atoms in total. The van der Waals surface area contributed by atoms with Crippen LogP contribution in [0.4, 0.5) is 4.39 Å². The smallest absolute Gasteiger partial charge is 0.359 e. The van der Waals surface area contributed by atoms with Gasteiger partial charge in [0.25, 0.3) is 0 Å². The molecule has 1 aliphatic rings. The molecule has 0 spiro atoms. The molecule has 0 radical (unpaired) electrons. The number of nitrogens with zero attached hydrogens (tertiary/aromatic N) is 2. The fourth-order valence-corrected chi connectivity index (χ4v) is 1.38. The van der Waals surface area contributed by atoms with Crippen LogP contribution in [0.5, 0.6) is 0 Å². The quantitative estimate of drug-likeness (QED) is 0.707. The van der Waals surface area contributed by atoms with Gasteiger partial charge in [0.15, 0.2) is 11.5 Å². The molecule has 0 saturated heterocycles. The highest BCUT2D eigenvalue weighted by Gasteiger charge is 2.26. The molecule has 0 aromatic carbocycles. The Balaban J connectivity index is 2.27. The van der Waals surface area contributed by atoms with Crippen LogP contribution in [-0.4, -0.2) is 23.0 Å². The molecule has 1 heterocycles. The van der Waals surface area contributed by atoms with E-state index < -0.39 is 11.8 Å². The van der Waals surface area contributed by atoms with E-state index in [1.54, 1.807) is 0 Å². The lowest BCUT2D eigenvalue weighted by molar-refractivity contribution is 0.0587. The van der Waals surface area contributed by atoms with Crippen molar-refractivity contribution in [2.24, 2.45) is 5.92 Å². The zero-order valence-electron chi connectivity index (χ0n) is 8.36. The summed E-state index contributed by atoms with van der Waals surface area (Å²) in [6.07, 6.45) is 4.00. The summed E-state index contributed by atoms with van der Waals surface area (Å²) in [5.74, 6) is -0.886. The normalized spacial score (nSPS) is 15.1. The molecule has 0 N–H and O–H groups in total. The molecular formula is C10H11FN2O2. The van der Waals surface area contributed by atoms with Crippen LogP contribution in [0.15, 0.2) is 6.33 Å². The Morgan fingerprint density at radius 2 is 2.33 bits per heavy atom. The summed E-state index contributed by atoms with van der Waals surface area (Å²) in [5.41, 5.74) is 0.0380. The summed E-state index contributed by atoms with van der Waals surface area (Å²) in [5, 5.41) is 0. The zero-order chi connectivity index (χ0) is 10.8. The molecule has 15 heavy (non-hydrogen) atoms. The van der Waals surface area contributed by atoms with Crippen LogP contribution < -0.4 is 0 Å². The average molecular weight is 210 g/mol. The number of ether oxygens (including phenoxy) is 1. The monoisotopic (exact) mass is 210 g/mol. The number of carbonyl (C=O) groups is 1. The second-order valence-corrected chi connectivity index (χ2v) is 3.62. The van der Waals surface area contributed by atoms with Gasteiger partial charge < -0.3 is 4.74 Å². The van der Waals surface area contributed by atoms with E-state index in [-0.39, 0.29) is 5.69 Å². The number of carbonyl (C=O) groups excluding carboxylic acids is 1. The van der Waals surface area contributed by atoms with Gasteiger partial charge in [-0.2, -0.15) is 0 Å².